The molecular formula is C24H29FN4O2. The molecule has 3 aliphatic heterocycles. The molecule has 2 amide bonds. The fourth-order valence-electron chi connectivity index (χ4n) is 4.47. The van der Waals surface area contributed by atoms with Crippen LogP contribution in [0.3, 0.4) is 0 Å². The number of amides is 2. The van der Waals surface area contributed by atoms with E-state index in [2.05, 4.69) is 16.5 Å². The fraction of sp³-hybridized carbons (Fsp3) is 0.458. The number of halogens is 1. The number of aromatic nitrogens is 1. The zero-order chi connectivity index (χ0) is 22.0. The molecule has 4 heterocycles. The minimum Gasteiger partial charge on any atom is -0.326 e. The van der Waals surface area contributed by atoms with Gasteiger partial charge in [-0.05, 0) is 55.9 Å². The van der Waals surface area contributed by atoms with E-state index < -0.39 is 6.30 Å². The lowest BCUT2D eigenvalue weighted by Crippen LogP contribution is -2.38. The van der Waals surface area contributed by atoms with Gasteiger partial charge in [0.05, 0.1) is 11.6 Å². The van der Waals surface area contributed by atoms with Crippen molar-refractivity contribution in [3.05, 3.63) is 60.1 Å². The Morgan fingerprint density at radius 3 is 2.87 bits per heavy atom. The molecule has 0 aromatic carbocycles. The number of allylic oxidation sites excluding steroid dienone is 1. The molecule has 1 saturated heterocycles. The second-order valence-electron chi connectivity index (χ2n) is 8.22. The number of carbonyl (C=O) groups is 2. The van der Waals surface area contributed by atoms with E-state index in [1.807, 2.05) is 31.3 Å². The molecule has 3 aliphatic rings. The number of pyridine rings is 1. The Labute approximate surface area is 182 Å². The average Bonchev–Trinajstić information content (AvgIpc) is 3.23. The van der Waals surface area contributed by atoms with Gasteiger partial charge in [0.15, 0.2) is 6.30 Å². The number of rotatable bonds is 5. The van der Waals surface area contributed by atoms with Crippen LogP contribution in [0.15, 0.2) is 49.0 Å². The second kappa shape index (κ2) is 9.04. The van der Waals surface area contributed by atoms with E-state index in [4.69, 9.17) is 0 Å². The van der Waals surface area contributed by atoms with Gasteiger partial charge >= 0.3 is 0 Å². The topological polar surface area (TPSA) is 56.8 Å². The standard InChI is InChI=1S/C24H29FN4O2/c1-3-7-22(30)27-13-10-20(15-19(27)4-2)28-11-5-8-17-14-18(16-26-23(17)28)24(31)29-12-6-9-21(29)25/h4,10,13-16,19,21H,2-3,5-9,11-12H2,1H3/t19?,21-/m0/s1. The highest BCUT2D eigenvalue weighted by Gasteiger charge is 2.31. The maximum atomic E-state index is 14.0. The van der Waals surface area contributed by atoms with E-state index in [0.29, 0.717) is 31.4 Å². The Morgan fingerprint density at radius 1 is 1.32 bits per heavy atom. The number of hydrogen-bond donors (Lipinski definition) is 0. The van der Waals surface area contributed by atoms with Crippen molar-refractivity contribution in [1.82, 2.24) is 14.8 Å². The first kappa shape index (κ1) is 21.3. The molecule has 4 rings (SSSR count). The fourth-order valence-corrected chi connectivity index (χ4v) is 4.47. The molecule has 0 bridgehead atoms. The highest BCUT2D eigenvalue weighted by molar-refractivity contribution is 5.94. The largest absolute Gasteiger partial charge is 0.326 e. The van der Waals surface area contributed by atoms with Crippen LogP contribution in [0.25, 0.3) is 0 Å². The summed E-state index contributed by atoms with van der Waals surface area (Å²) in [5.74, 6) is 0.603. The van der Waals surface area contributed by atoms with Crippen molar-refractivity contribution in [2.45, 2.75) is 57.8 Å². The van der Waals surface area contributed by atoms with Gasteiger partial charge in [-0.25, -0.2) is 9.37 Å². The monoisotopic (exact) mass is 424 g/mol. The molecule has 0 radical (unpaired) electrons. The van der Waals surface area contributed by atoms with Crippen LogP contribution in [0.5, 0.6) is 0 Å². The van der Waals surface area contributed by atoms with Gasteiger partial charge in [-0.3, -0.25) is 9.59 Å². The molecule has 0 spiro atoms. The molecule has 7 heteroatoms. The van der Waals surface area contributed by atoms with Gasteiger partial charge < -0.3 is 14.7 Å². The summed E-state index contributed by atoms with van der Waals surface area (Å²) in [5.41, 5.74) is 2.39. The van der Waals surface area contributed by atoms with Crippen LogP contribution in [0.2, 0.25) is 0 Å². The SMILES string of the molecule is C=CC1C=C(N2CCCc3cc(C(=O)N4CCC[C@H]4F)cnc32)C=CN1C(=O)CCC. The Morgan fingerprint density at radius 2 is 2.16 bits per heavy atom. The molecule has 1 fully saturated rings. The predicted octanol–water partition coefficient (Wildman–Crippen LogP) is 3.96. The van der Waals surface area contributed by atoms with Gasteiger partial charge in [0.25, 0.3) is 5.91 Å². The van der Waals surface area contributed by atoms with Gasteiger partial charge in [0.1, 0.15) is 5.82 Å². The molecule has 164 valence electrons. The molecular weight excluding hydrogens is 395 g/mol. The van der Waals surface area contributed by atoms with Crippen molar-refractivity contribution in [2.75, 3.05) is 18.0 Å². The summed E-state index contributed by atoms with van der Waals surface area (Å²) in [6.07, 6.45) is 12.0. The van der Waals surface area contributed by atoms with Crippen molar-refractivity contribution < 1.29 is 14.0 Å². The van der Waals surface area contributed by atoms with E-state index in [1.165, 1.54) is 4.90 Å². The predicted molar refractivity (Wildman–Crippen MR) is 118 cm³/mol. The zero-order valence-electron chi connectivity index (χ0n) is 18.0. The third-order valence-corrected chi connectivity index (χ3v) is 6.09. The number of likely N-dealkylation sites (tertiary alicyclic amines) is 1. The average molecular weight is 425 g/mol. The molecule has 31 heavy (non-hydrogen) atoms. The third kappa shape index (κ3) is 4.13. The molecule has 2 atom stereocenters. The van der Waals surface area contributed by atoms with E-state index in [0.717, 1.165) is 42.9 Å². The van der Waals surface area contributed by atoms with E-state index in [-0.39, 0.29) is 17.9 Å². The summed E-state index contributed by atoms with van der Waals surface area (Å²) in [7, 11) is 0. The van der Waals surface area contributed by atoms with Crippen molar-refractivity contribution >= 4 is 17.6 Å². The molecule has 0 N–H and O–H groups in total. The number of hydrogen-bond acceptors (Lipinski definition) is 4. The first-order chi connectivity index (χ1) is 15.0. The van der Waals surface area contributed by atoms with Crippen LogP contribution < -0.4 is 4.90 Å². The van der Waals surface area contributed by atoms with Crippen LogP contribution in [-0.2, 0) is 11.2 Å². The lowest BCUT2D eigenvalue weighted by atomic mass is 10.0. The normalized spacial score (nSPS) is 22.9. The minimum absolute atomic E-state index is 0.0763. The summed E-state index contributed by atoms with van der Waals surface area (Å²) in [5, 5.41) is 0. The molecule has 0 aliphatic carbocycles. The van der Waals surface area contributed by atoms with Gasteiger partial charge in [-0.1, -0.05) is 13.0 Å². The quantitative estimate of drug-likeness (QED) is 0.530. The summed E-state index contributed by atoms with van der Waals surface area (Å²) < 4.78 is 14.0. The van der Waals surface area contributed by atoms with E-state index >= 15 is 0 Å². The maximum absolute atomic E-state index is 14.0. The number of carbonyl (C=O) groups excluding carboxylic acids is 2. The van der Waals surface area contributed by atoms with Crippen molar-refractivity contribution in [3.63, 3.8) is 0 Å². The van der Waals surface area contributed by atoms with Crippen LogP contribution >= 0.6 is 0 Å². The van der Waals surface area contributed by atoms with Gasteiger partial charge in [0, 0.05) is 37.6 Å². The van der Waals surface area contributed by atoms with Crippen molar-refractivity contribution in [2.24, 2.45) is 0 Å². The van der Waals surface area contributed by atoms with Gasteiger partial charge in [-0.2, -0.15) is 0 Å². The minimum atomic E-state index is -1.20. The molecule has 6 nitrogen and oxygen atoms in total. The van der Waals surface area contributed by atoms with Crippen LogP contribution in [0.4, 0.5) is 10.2 Å². The molecule has 1 unspecified atom stereocenters. The Balaban J connectivity index is 1.57. The summed E-state index contributed by atoms with van der Waals surface area (Å²) in [6.45, 7) is 7.14. The Kier molecular flexibility index (Phi) is 6.20. The van der Waals surface area contributed by atoms with Crippen LogP contribution in [0.1, 0.15) is 54.9 Å². The maximum Gasteiger partial charge on any atom is 0.257 e. The molecule has 1 aromatic heterocycles. The molecule has 0 saturated carbocycles. The van der Waals surface area contributed by atoms with Gasteiger partial charge in [0.2, 0.25) is 5.91 Å². The van der Waals surface area contributed by atoms with E-state index in [1.54, 1.807) is 17.2 Å². The first-order valence-corrected chi connectivity index (χ1v) is 11.1. The van der Waals surface area contributed by atoms with Crippen molar-refractivity contribution in [3.8, 4) is 0 Å². The number of nitrogens with zero attached hydrogens (tertiary/aromatic N) is 4. The highest BCUT2D eigenvalue weighted by Crippen LogP contribution is 2.32. The lowest BCUT2D eigenvalue weighted by Gasteiger charge is -2.35. The smallest absolute Gasteiger partial charge is 0.257 e. The summed E-state index contributed by atoms with van der Waals surface area (Å²) >= 11 is 0. The molecule has 1 aromatic rings. The Bertz CT molecular complexity index is 942. The van der Waals surface area contributed by atoms with E-state index in [9.17, 15) is 14.0 Å². The van der Waals surface area contributed by atoms with Gasteiger partial charge in [-0.15, -0.1) is 6.58 Å². The van der Waals surface area contributed by atoms with Crippen LogP contribution in [-0.4, -0.2) is 52.0 Å². The third-order valence-electron chi connectivity index (χ3n) is 6.09. The van der Waals surface area contributed by atoms with Crippen LogP contribution in [0, 0.1) is 0 Å². The summed E-state index contributed by atoms with van der Waals surface area (Å²) in [4.78, 5) is 34.8. The van der Waals surface area contributed by atoms with Crippen molar-refractivity contribution in [1.29, 1.82) is 0 Å². The zero-order valence-corrected chi connectivity index (χ0v) is 18.0. The lowest BCUT2D eigenvalue weighted by molar-refractivity contribution is -0.129. The summed E-state index contributed by atoms with van der Waals surface area (Å²) in [6, 6.07) is 1.65. The number of alkyl halides is 1. The number of fused-ring (bicyclic) bond motifs is 1. The second-order valence-corrected chi connectivity index (χ2v) is 8.22. The highest BCUT2D eigenvalue weighted by atomic mass is 19.1. The number of aryl methyl sites for hydroxylation is 1. The first-order valence-electron chi connectivity index (χ1n) is 11.1. The number of anilines is 1. The Hall–Kier alpha value is -2.96.